The summed E-state index contributed by atoms with van der Waals surface area (Å²) in [6.45, 7) is 3.18. The van der Waals surface area contributed by atoms with Crippen molar-refractivity contribution in [3.63, 3.8) is 0 Å². The average Bonchev–Trinajstić information content (AvgIpc) is 2.54. The summed E-state index contributed by atoms with van der Waals surface area (Å²) in [5.41, 5.74) is 6.57. The zero-order valence-electron chi connectivity index (χ0n) is 13.9. The number of halogens is 3. The monoisotopic (exact) mass is 396 g/mol. The van der Waals surface area contributed by atoms with Crippen molar-refractivity contribution in [3.05, 3.63) is 35.4 Å². The van der Waals surface area contributed by atoms with Gasteiger partial charge in [0.1, 0.15) is 0 Å². The highest BCUT2D eigenvalue weighted by atomic mass is 35.5. The standard InChI is InChI=1S/C16H22F2N2O3S.ClH/c1-11(19)14-3-2-8-20(9-14)15(21)13-6-4-12(5-7-13)10-24(22,23)16(17)18;/h4-7,11,14,16H,2-3,8-10,19H2,1H3;1H. The SMILES string of the molecule is CC(N)C1CCCN(C(=O)c2ccc(CS(=O)(=O)C(F)F)cc2)C1.Cl. The first-order valence-electron chi connectivity index (χ1n) is 7.84. The molecule has 2 atom stereocenters. The fourth-order valence-corrected chi connectivity index (χ4v) is 3.63. The van der Waals surface area contributed by atoms with E-state index in [1.165, 1.54) is 24.3 Å². The third kappa shape index (κ3) is 5.62. The molecule has 0 aliphatic carbocycles. The van der Waals surface area contributed by atoms with Gasteiger partial charge in [-0.2, -0.15) is 8.78 Å². The number of nitrogens with two attached hydrogens (primary N) is 1. The van der Waals surface area contributed by atoms with Crippen molar-refractivity contribution in [3.8, 4) is 0 Å². The van der Waals surface area contributed by atoms with Crippen LogP contribution in [-0.4, -0.2) is 44.1 Å². The Balaban J connectivity index is 0.00000312. The Kier molecular flexibility index (Phi) is 7.77. The molecule has 1 fully saturated rings. The fourth-order valence-electron chi connectivity index (χ4n) is 2.85. The summed E-state index contributed by atoms with van der Waals surface area (Å²) in [6.07, 6.45) is 1.88. The highest BCUT2D eigenvalue weighted by Gasteiger charge is 2.27. The van der Waals surface area contributed by atoms with Crippen LogP contribution in [0.3, 0.4) is 0 Å². The van der Waals surface area contributed by atoms with Crippen LogP contribution in [0.4, 0.5) is 8.78 Å². The van der Waals surface area contributed by atoms with Gasteiger partial charge >= 0.3 is 5.76 Å². The topological polar surface area (TPSA) is 80.5 Å². The van der Waals surface area contributed by atoms with Gasteiger partial charge in [-0.05, 0) is 43.4 Å². The Hall–Kier alpha value is -1.25. The summed E-state index contributed by atoms with van der Waals surface area (Å²) in [5.74, 6) is -4.03. The first-order valence-corrected chi connectivity index (χ1v) is 9.56. The van der Waals surface area contributed by atoms with Gasteiger partial charge in [-0.25, -0.2) is 8.42 Å². The maximum absolute atomic E-state index is 12.5. The van der Waals surface area contributed by atoms with Crippen LogP contribution in [0.15, 0.2) is 24.3 Å². The van der Waals surface area contributed by atoms with Gasteiger partial charge in [0.15, 0.2) is 0 Å². The molecule has 1 aromatic rings. The maximum Gasteiger partial charge on any atom is 0.337 e. The molecule has 0 radical (unpaired) electrons. The number of alkyl halides is 2. The van der Waals surface area contributed by atoms with E-state index in [1.54, 1.807) is 4.90 Å². The minimum Gasteiger partial charge on any atom is -0.338 e. The molecule has 0 spiro atoms. The molecule has 1 aliphatic rings. The minimum atomic E-state index is -4.46. The summed E-state index contributed by atoms with van der Waals surface area (Å²) in [6, 6.07) is 5.78. The molecule has 2 rings (SSSR count). The second kappa shape index (κ2) is 8.91. The van der Waals surface area contributed by atoms with Gasteiger partial charge in [-0.1, -0.05) is 12.1 Å². The van der Waals surface area contributed by atoms with Crippen LogP contribution in [0, 0.1) is 5.92 Å². The lowest BCUT2D eigenvalue weighted by molar-refractivity contribution is 0.0661. The first-order chi connectivity index (χ1) is 11.2. The number of hydrogen-bond donors (Lipinski definition) is 1. The normalized spacial score (nSPS) is 19.4. The Morgan fingerprint density at radius 1 is 1.32 bits per heavy atom. The lowest BCUT2D eigenvalue weighted by Gasteiger charge is -2.34. The van der Waals surface area contributed by atoms with Crippen molar-refractivity contribution >= 4 is 28.2 Å². The number of hydrogen-bond acceptors (Lipinski definition) is 4. The van der Waals surface area contributed by atoms with Crippen LogP contribution in [0.5, 0.6) is 0 Å². The quantitative estimate of drug-likeness (QED) is 0.828. The molecule has 1 aromatic carbocycles. The van der Waals surface area contributed by atoms with Gasteiger partial charge in [-0.15, -0.1) is 12.4 Å². The van der Waals surface area contributed by atoms with Crippen LogP contribution in [0.2, 0.25) is 0 Å². The van der Waals surface area contributed by atoms with E-state index in [0.29, 0.717) is 18.7 Å². The molecule has 2 unspecified atom stereocenters. The number of rotatable bonds is 5. The fraction of sp³-hybridized carbons (Fsp3) is 0.562. The maximum atomic E-state index is 12.5. The zero-order valence-corrected chi connectivity index (χ0v) is 15.5. The molecule has 5 nitrogen and oxygen atoms in total. The number of amides is 1. The number of carbonyl (C=O) groups excluding carboxylic acids is 1. The Morgan fingerprint density at radius 3 is 2.44 bits per heavy atom. The van der Waals surface area contributed by atoms with Crippen LogP contribution in [0.1, 0.15) is 35.7 Å². The molecule has 9 heteroatoms. The average molecular weight is 397 g/mol. The molecule has 1 heterocycles. The van der Waals surface area contributed by atoms with Gasteiger partial charge in [0.2, 0.25) is 9.84 Å². The molecule has 2 N–H and O–H groups in total. The molecule has 0 saturated carbocycles. The number of piperidine rings is 1. The van der Waals surface area contributed by atoms with E-state index >= 15 is 0 Å². The van der Waals surface area contributed by atoms with E-state index in [1.807, 2.05) is 6.92 Å². The van der Waals surface area contributed by atoms with Gasteiger partial charge in [0.25, 0.3) is 5.91 Å². The summed E-state index contributed by atoms with van der Waals surface area (Å²) < 4.78 is 47.2. The molecule has 0 bridgehead atoms. The highest BCUT2D eigenvalue weighted by Crippen LogP contribution is 2.21. The molecule has 1 aliphatic heterocycles. The van der Waals surface area contributed by atoms with Gasteiger partial charge in [0, 0.05) is 24.7 Å². The smallest absolute Gasteiger partial charge is 0.337 e. The molecule has 1 saturated heterocycles. The Bertz CT molecular complexity index is 681. The van der Waals surface area contributed by atoms with Crippen LogP contribution < -0.4 is 5.73 Å². The van der Waals surface area contributed by atoms with Crippen molar-refractivity contribution in [1.29, 1.82) is 0 Å². The molecule has 142 valence electrons. The van der Waals surface area contributed by atoms with Gasteiger partial charge in [-0.3, -0.25) is 4.79 Å². The van der Waals surface area contributed by atoms with Crippen molar-refractivity contribution in [2.75, 3.05) is 13.1 Å². The lowest BCUT2D eigenvalue weighted by Crippen LogP contribution is -2.45. The number of nitrogens with zero attached hydrogens (tertiary/aromatic N) is 1. The van der Waals surface area contributed by atoms with E-state index in [9.17, 15) is 22.0 Å². The van der Waals surface area contributed by atoms with Crippen molar-refractivity contribution < 1.29 is 22.0 Å². The van der Waals surface area contributed by atoms with Crippen LogP contribution in [-0.2, 0) is 15.6 Å². The summed E-state index contributed by atoms with van der Waals surface area (Å²) in [4.78, 5) is 14.3. The predicted molar refractivity (Wildman–Crippen MR) is 94.6 cm³/mol. The number of carbonyl (C=O) groups is 1. The van der Waals surface area contributed by atoms with Gasteiger partial charge in [0.05, 0.1) is 5.75 Å². The zero-order chi connectivity index (χ0) is 17.9. The minimum absolute atomic E-state index is 0. The Labute approximate surface area is 152 Å². The molecule has 1 amide bonds. The van der Waals surface area contributed by atoms with E-state index < -0.39 is 21.3 Å². The third-order valence-corrected chi connectivity index (χ3v) is 5.61. The number of likely N-dealkylation sites (tertiary alicyclic amines) is 1. The first kappa shape index (κ1) is 21.8. The Morgan fingerprint density at radius 2 is 1.92 bits per heavy atom. The largest absolute Gasteiger partial charge is 0.338 e. The summed E-state index contributed by atoms with van der Waals surface area (Å²) >= 11 is 0. The molecular weight excluding hydrogens is 374 g/mol. The van der Waals surface area contributed by atoms with E-state index in [2.05, 4.69) is 0 Å². The molecule has 25 heavy (non-hydrogen) atoms. The number of sulfone groups is 1. The number of benzene rings is 1. The van der Waals surface area contributed by atoms with Crippen LogP contribution in [0.25, 0.3) is 0 Å². The second-order valence-corrected chi connectivity index (χ2v) is 8.25. The van der Waals surface area contributed by atoms with Crippen LogP contribution >= 0.6 is 12.4 Å². The molecular formula is C16H23ClF2N2O3S. The summed E-state index contributed by atoms with van der Waals surface area (Å²) in [5, 5.41) is 0. The predicted octanol–water partition coefficient (Wildman–Crippen LogP) is 2.45. The highest BCUT2D eigenvalue weighted by molar-refractivity contribution is 7.90. The molecule has 0 aromatic heterocycles. The second-order valence-electron chi connectivity index (χ2n) is 6.28. The van der Waals surface area contributed by atoms with Crippen molar-refractivity contribution in [2.45, 2.75) is 37.3 Å². The van der Waals surface area contributed by atoms with E-state index in [4.69, 9.17) is 5.73 Å². The third-order valence-electron chi connectivity index (χ3n) is 4.33. The van der Waals surface area contributed by atoms with Crippen molar-refractivity contribution in [2.24, 2.45) is 11.7 Å². The van der Waals surface area contributed by atoms with Gasteiger partial charge < -0.3 is 10.6 Å². The van der Waals surface area contributed by atoms with Crippen molar-refractivity contribution in [1.82, 2.24) is 4.90 Å². The summed E-state index contributed by atoms with van der Waals surface area (Å²) in [7, 11) is -4.46. The lowest BCUT2D eigenvalue weighted by atomic mass is 9.92. The van der Waals surface area contributed by atoms with E-state index in [-0.39, 0.29) is 35.8 Å². The van der Waals surface area contributed by atoms with E-state index in [0.717, 1.165) is 12.8 Å².